The van der Waals surface area contributed by atoms with Gasteiger partial charge in [0.05, 0.1) is 0 Å². The minimum absolute atomic E-state index is 0.515. The van der Waals surface area contributed by atoms with E-state index in [1.165, 1.54) is 41.6 Å². The van der Waals surface area contributed by atoms with Gasteiger partial charge in [0, 0.05) is 29.8 Å². The number of rotatable bonds is 3. The van der Waals surface area contributed by atoms with Crippen molar-refractivity contribution in [3.63, 3.8) is 0 Å². The van der Waals surface area contributed by atoms with E-state index in [0.717, 1.165) is 0 Å². The summed E-state index contributed by atoms with van der Waals surface area (Å²) < 4.78 is 0. The van der Waals surface area contributed by atoms with Crippen molar-refractivity contribution in [3.05, 3.63) is 65.0 Å². The van der Waals surface area contributed by atoms with Gasteiger partial charge in [-0.05, 0) is 49.1 Å². The van der Waals surface area contributed by atoms with Gasteiger partial charge in [0.2, 0.25) is 0 Å². The van der Waals surface area contributed by atoms with Crippen LogP contribution in [0.25, 0.3) is 0 Å². The summed E-state index contributed by atoms with van der Waals surface area (Å²) in [6, 6.07) is 13.7. The maximum absolute atomic E-state index is 4.67. The van der Waals surface area contributed by atoms with Crippen molar-refractivity contribution >= 4 is 0 Å². The van der Waals surface area contributed by atoms with Crippen LogP contribution in [0, 0.1) is 0 Å². The molecular weight excluding hydrogens is 244 g/mol. The first-order valence-corrected chi connectivity index (χ1v) is 7.57. The van der Waals surface area contributed by atoms with Gasteiger partial charge >= 0.3 is 0 Å². The summed E-state index contributed by atoms with van der Waals surface area (Å²) in [4.78, 5) is 4.67. The molecule has 1 N–H and O–H groups in total. The quantitative estimate of drug-likeness (QED) is 0.921. The summed E-state index contributed by atoms with van der Waals surface area (Å²) in [7, 11) is 2.10. The molecule has 0 amide bonds. The van der Waals surface area contributed by atoms with Crippen molar-refractivity contribution < 1.29 is 0 Å². The Labute approximate surface area is 120 Å². The van der Waals surface area contributed by atoms with Gasteiger partial charge in [-0.3, -0.25) is 4.98 Å². The normalized spacial score (nSPS) is 24.6. The number of hydrogen-bond acceptors (Lipinski definition) is 2. The standard InChI is InChI=1S/C18H20N2/c1-19-18(16-11-13-5-2-3-7-14(13)16)15-9-8-12-6-4-10-20-17(12)15/h2-7,10,15-16,18-19H,8-9,11H2,1H3. The summed E-state index contributed by atoms with van der Waals surface area (Å²) >= 11 is 0. The molecule has 0 spiro atoms. The van der Waals surface area contributed by atoms with Crippen LogP contribution in [-0.2, 0) is 12.8 Å². The van der Waals surface area contributed by atoms with Crippen molar-refractivity contribution in [2.24, 2.45) is 0 Å². The van der Waals surface area contributed by atoms with Gasteiger partial charge in [0.25, 0.3) is 0 Å². The number of hydrogen-bond donors (Lipinski definition) is 1. The Hall–Kier alpha value is -1.67. The Morgan fingerprint density at radius 2 is 1.95 bits per heavy atom. The summed E-state index contributed by atoms with van der Waals surface area (Å²) in [5.41, 5.74) is 5.84. The Morgan fingerprint density at radius 1 is 1.10 bits per heavy atom. The minimum atomic E-state index is 0.515. The first kappa shape index (κ1) is 12.1. The van der Waals surface area contributed by atoms with Gasteiger partial charge in [-0.15, -0.1) is 0 Å². The lowest BCUT2D eigenvalue weighted by Gasteiger charge is -2.39. The van der Waals surface area contributed by atoms with Crippen LogP contribution in [0.2, 0.25) is 0 Å². The molecule has 3 atom stereocenters. The molecular formula is C18H20N2. The molecule has 0 saturated carbocycles. The number of nitrogens with one attached hydrogen (secondary N) is 1. The van der Waals surface area contributed by atoms with E-state index >= 15 is 0 Å². The van der Waals surface area contributed by atoms with Crippen LogP contribution >= 0.6 is 0 Å². The minimum Gasteiger partial charge on any atom is -0.316 e. The monoisotopic (exact) mass is 264 g/mol. The summed E-state index contributed by atoms with van der Waals surface area (Å²) in [6.07, 6.45) is 5.57. The molecule has 2 aliphatic rings. The van der Waals surface area contributed by atoms with Crippen molar-refractivity contribution in [1.29, 1.82) is 0 Å². The Morgan fingerprint density at radius 3 is 2.80 bits per heavy atom. The molecule has 1 aromatic heterocycles. The number of nitrogens with zero attached hydrogens (tertiary/aromatic N) is 1. The van der Waals surface area contributed by atoms with E-state index in [1.807, 2.05) is 6.20 Å². The number of aromatic nitrogens is 1. The maximum atomic E-state index is 4.67. The molecule has 2 nitrogen and oxygen atoms in total. The van der Waals surface area contributed by atoms with Crippen LogP contribution in [-0.4, -0.2) is 18.1 Å². The molecule has 0 radical (unpaired) electrons. The Kier molecular flexibility index (Phi) is 2.85. The van der Waals surface area contributed by atoms with Crippen molar-refractivity contribution in [3.8, 4) is 0 Å². The van der Waals surface area contributed by atoms with Crippen LogP contribution in [0.5, 0.6) is 0 Å². The third kappa shape index (κ3) is 1.71. The molecule has 0 bridgehead atoms. The van der Waals surface area contributed by atoms with Gasteiger partial charge in [0.15, 0.2) is 0 Å². The van der Waals surface area contributed by atoms with E-state index < -0.39 is 0 Å². The molecule has 4 rings (SSSR count). The Balaban J connectivity index is 1.65. The molecule has 20 heavy (non-hydrogen) atoms. The average Bonchev–Trinajstić information content (AvgIpc) is 2.89. The number of benzene rings is 1. The maximum Gasteiger partial charge on any atom is 0.0482 e. The highest BCUT2D eigenvalue weighted by molar-refractivity contribution is 5.43. The van der Waals surface area contributed by atoms with Gasteiger partial charge in [-0.2, -0.15) is 0 Å². The number of pyridine rings is 1. The van der Waals surface area contributed by atoms with Gasteiger partial charge in [0.1, 0.15) is 0 Å². The zero-order valence-corrected chi connectivity index (χ0v) is 11.8. The zero-order chi connectivity index (χ0) is 13.5. The lowest BCUT2D eigenvalue weighted by molar-refractivity contribution is 0.359. The fraction of sp³-hybridized carbons (Fsp3) is 0.389. The summed E-state index contributed by atoms with van der Waals surface area (Å²) in [5.74, 6) is 1.21. The third-order valence-corrected chi connectivity index (χ3v) is 5.10. The number of aryl methyl sites for hydroxylation is 1. The van der Waals surface area contributed by atoms with E-state index in [9.17, 15) is 0 Å². The second-order valence-corrected chi connectivity index (χ2v) is 6.02. The highest BCUT2D eigenvalue weighted by Gasteiger charge is 2.39. The van der Waals surface area contributed by atoms with Crippen LogP contribution in [0.4, 0.5) is 0 Å². The smallest absolute Gasteiger partial charge is 0.0482 e. The van der Waals surface area contributed by atoms with Gasteiger partial charge in [-0.25, -0.2) is 0 Å². The van der Waals surface area contributed by atoms with Crippen LogP contribution in [0.1, 0.15) is 40.6 Å². The number of fused-ring (bicyclic) bond motifs is 2. The van der Waals surface area contributed by atoms with Crippen molar-refractivity contribution in [2.45, 2.75) is 37.1 Å². The molecule has 1 aromatic carbocycles. The average molecular weight is 264 g/mol. The molecule has 0 fully saturated rings. The van der Waals surface area contributed by atoms with Crippen molar-refractivity contribution in [2.75, 3.05) is 7.05 Å². The summed E-state index contributed by atoms with van der Waals surface area (Å²) in [5, 5.41) is 3.59. The molecule has 102 valence electrons. The first-order valence-electron chi connectivity index (χ1n) is 7.57. The second-order valence-electron chi connectivity index (χ2n) is 6.02. The van der Waals surface area contributed by atoms with E-state index in [2.05, 4.69) is 53.7 Å². The summed E-state index contributed by atoms with van der Waals surface area (Å²) in [6.45, 7) is 0. The highest BCUT2D eigenvalue weighted by atomic mass is 14.9. The predicted molar refractivity (Wildman–Crippen MR) is 81.0 cm³/mol. The van der Waals surface area contributed by atoms with Crippen LogP contribution in [0.3, 0.4) is 0 Å². The lowest BCUT2D eigenvalue weighted by Crippen LogP contribution is -2.42. The zero-order valence-electron chi connectivity index (χ0n) is 11.8. The van der Waals surface area contributed by atoms with Gasteiger partial charge < -0.3 is 5.32 Å². The topological polar surface area (TPSA) is 24.9 Å². The molecule has 0 saturated heterocycles. The molecule has 1 heterocycles. The molecule has 2 aliphatic carbocycles. The largest absolute Gasteiger partial charge is 0.316 e. The first-order chi connectivity index (χ1) is 9.88. The van der Waals surface area contributed by atoms with Gasteiger partial charge in [-0.1, -0.05) is 30.3 Å². The molecule has 0 aliphatic heterocycles. The van der Waals surface area contributed by atoms with Crippen LogP contribution < -0.4 is 5.32 Å². The van der Waals surface area contributed by atoms with Crippen LogP contribution in [0.15, 0.2) is 42.6 Å². The lowest BCUT2D eigenvalue weighted by atomic mass is 9.69. The number of likely N-dealkylation sites (N-methyl/N-ethyl adjacent to an activating group) is 1. The molecule has 2 heteroatoms. The second kappa shape index (κ2) is 4.71. The SMILES string of the molecule is CNC(C1Cc2ccccc21)C1CCc2cccnc21. The predicted octanol–water partition coefficient (Wildman–Crippen LogP) is 3.04. The van der Waals surface area contributed by atoms with E-state index in [0.29, 0.717) is 17.9 Å². The van der Waals surface area contributed by atoms with E-state index in [-0.39, 0.29) is 0 Å². The Bertz CT molecular complexity index is 635. The fourth-order valence-corrected chi connectivity index (χ4v) is 4.09. The third-order valence-electron chi connectivity index (χ3n) is 5.10. The molecule has 3 unspecified atom stereocenters. The van der Waals surface area contributed by atoms with E-state index in [1.54, 1.807) is 0 Å². The highest BCUT2D eigenvalue weighted by Crippen LogP contribution is 2.45. The fourth-order valence-electron chi connectivity index (χ4n) is 4.09. The van der Waals surface area contributed by atoms with Crippen molar-refractivity contribution in [1.82, 2.24) is 10.3 Å². The van der Waals surface area contributed by atoms with E-state index in [4.69, 9.17) is 0 Å². The molecule has 2 aromatic rings.